The zero-order chi connectivity index (χ0) is 15.4. The summed E-state index contributed by atoms with van der Waals surface area (Å²) in [4.78, 5) is 20.3. The summed E-state index contributed by atoms with van der Waals surface area (Å²) < 4.78 is 0. The number of thiocarbonyl (C=S) groups is 1. The molecule has 114 valence electrons. The normalized spacial score (nSPS) is 16.5. The number of piperidine rings is 1. The molecule has 1 amide bonds. The van der Waals surface area contributed by atoms with Crippen LogP contribution in [0, 0.1) is 0 Å². The van der Waals surface area contributed by atoms with Gasteiger partial charge >= 0.3 is 0 Å². The van der Waals surface area contributed by atoms with Gasteiger partial charge in [0.2, 0.25) is 0 Å². The number of rotatable bonds is 2. The van der Waals surface area contributed by atoms with Crippen molar-refractivity contribution in [3.63, 3.8) is 0 Å². The number of hydrogen-bond donors (Lipinski definition) is 1. The lowest BCUT2D eigenvalue weighted by Gasteiger charge is -2.36. The van der Waals surface area contributed by atoms with Crippen molar-refractivity contribution in [3.05, 3.63) is 29.0 Å². The molecule has 0 unspecified atom stereocenters. The minimum atomic E-state index is -0.321. The molecule has 2 heterocycles. The molecule has 5 nitrogen and oxygen atoms in total. The summed E-state index contributed by atoms with van der Waals surface area (Å²) in [7, 11) is 4.03. The van der Waals surface area contributed by atoms with Crippen molar-refractivity contribution < 1.29 is 4.79 Å². The first-order chi connectivity index (χ1) is 9.99. The van der Waals surface area contributed by atoms with Crippen LogP contribution in [0.1, 0.15) is 23.2 Å². The van der Waals surface area contributed by atoms with Crippen molar-refractivity contribution in [2.24, 2.45) is 0 Å². The summed E-state index contributed by atoms with van der Waals surface area (Å²) in [6.45, 7) is 2.08. The van der Waals surface area contributed by atoms with Crippen LogP contribution in [0.15, 0.2) is 18.3 Å². The Morgan fingerprint density at radius 2 is 2.19 bits per heavy atom. The molecule has 1 aliphatic heterocycles. The molecule has 0 bridgehead atoms. The number of amides is 1. The highest BCUT2D eigenvalue weighted by Gasteiger charge is 2.23. The summed E-state index contributed by atoms with van der Waals surface area (Å²) in [5.41, 5.74) is 0.332. The molecule has 1 aromatic rings. The second-order valence-corrected chi connectivity index (χ2v) is 5.99. The molecular formula is C14H19ClN4OS. The number of hydrogen-bond acceptors (Lipinski definition) is 4. The molecule has 21 heavy (non-hydrogen) atoms. The maximum Gasteiger partial charge on any atom is 0.260 e. The van der Waals surface area contributed by atoms with Crippen LogP contribution < -0.4 is 5.32 Å². The third-order valence-electron chi connectivity index (χ3n) is 3.78. The molecule has 0 saturated carbocycles. The quantitative estimate of drug-likeness (QED) is 0.663. The van der Waals surface area contributed by atoms with Gasteiger partial charge in [0.1, 0.15) is 5.15 Å². The van der Waals surface area contributed by atoms with E-state index in [1.165, 1.54) is 0 Å². The van der Waals surface area contributed by atoms with Crippen LogP contribution in [0.2, 0.25) is 5.15 Å². The Morgan fingerprint density at radius 3 is 2.81 bits per heavy atom. The molecule has 0 spiro atoms. The van der Waals surface area contributed by atoms with Crippen LogP contribution in [0.25, 0.3) is 0 Å². The first kappa shape index (κ1) is 16.1. The minimum Gasteiger partial charge on any atom is -0.349 e. The Bertz CT molecular complexity index is 531. The predicted octanol–water partition coefficient (Wildman–Crippen LogP) is 1.78. The molecule has 0 atom stereocenters. The molecule has 1 aromatic heterocycles. The van der Waals surface area contributed by atoms with Crippen molar-refractivity contribution in [2.75, 3.05) is 27.2 Å². The van der Waals surface area contributed by atoms with Gasteiger partial charge in [-0.2, -0.15) is 0 Å². The molecule has 1 aliphatic rings. The maximum absolute atomic E-state index is 12.2. The number of halogens is 1. The molecule has 7 heteroatoms. The van der Waals surface area contributed by atoms with E-state index in [0.717, 1.165) is 25.9 Å². The van der Waals surface area contributed by atoms with Gasteiger partial charge in [-0.05, 0) is 57.3 Å². The summed E-state index contributed by atoms with van der Waals surface area (Å²) in [6.07, 6.45) is 3.62. The van der Waals surface area contributed by atoms with Gasteiger partial charge in [0.15, 0.2) is 5.11 Å². The van der Waals surface area contributed by atoms with Crippen molar-refractivity contribution in [2.45, 2.75) is 18.9 Å². The van der Waals surface area contributed by atoms with E-state index in [9.17, 15) is 4.79 Å². The number of nitrogens with one attached hydrogen (secondary N) is 1. The van der Waals surface area contributed by atoms with E-state index in [-0.39, 0.29) is 11.1 Å². The second kappa shape index (κ2) is 7.15. The average Bonchev–Trinajstić information content (AvgIpc) is 2.47. The van der Waals surface area contributed by atoms with E-state index in [2.05, 4.69) is 22.2 Å². The van der Waals surface area contributed by atoms with Crippen LogP contribution >= 0.6 is 23.8 Å². The van der Waals surface area contributed by atoms with Crippen molar-refractivity contribution >= 4 is 34.8 Å². The van der Waals surface area contributed by atoms with Gasteiger partial charge in [-0.15, -0.1) is 0 Å². The Morgan fingerprint density at radius 1 is 1.52 bits per heavy atom. The van der Waals surface area contributed by atoms with E-state index in [1.54, 1.807) is 18.3 Å². The maximum atomic E-state index is 12.2. The first-order valence-electron chi connectivity index (χ1n) is 6.86. The number of carbonyl (C=O) groups is 1. The molecular weight excluding hydrogens is 308 g/mol. The summed E-state index contributed by atoms with van der Waals surface area (Å²) >= 11 is 11.2. The minimum absolute atomic E-state index is 0.180. The fourth-order valence-corrected chi connectivity index (χ4v) is 2.80. The number of nitrogens with zero attached hydrogens (tertiary/aromatic N) is 3. The SMILES string of the molecule is CN1CCC(N(C)C(=S)NC(=O)c2cccnc2Cl)CC1. The molecule has 1 saturated heterocycles. The number of pyridine rings is 1. The van der Waals surface area contributed by atoms with Crippen molar-refractivity contribution in [1.29, 1.82) is 0 Å². The van der Waals surface area contributed by atoms with Crippen molar-refractivity contribution in [3.8, 4) is 0 Å². The molecule has 0 aliphatic carbocycles. The monoisotopic (exact) mass is 326 g/mol. The topological polar surface area (TPSA) is 48.5 Å². The van der Waals surface area contributed by atoms with E-state index < -0.39 is 0 Å². The van der Waals surface area contributed by atoms with E-state index in [4.69, 9.17) is 23.8 Å². The van der Waals surface area contributed by atoms with Crippen LogP contribution in [-0.4, -0.2) is 59.0 Å². The van der Waals surface area contributed by atoms with Crippen LogP contribution in [0.4, 0.5) is 0 Å². The molecule has 1 N–H and O–H groups in total. The molecule has 1 fully saturated rings. The highest BCUT2D eigenvalue weighted by molar-refractivity contribution is 7.80. The van der Waals surface area contributed by atoms with Gasteiger partial charge in [0.25, 0.3) is 5.91 Å². The summed E-state index contributed by atoms with van der Waals surface area (Å²) in [5, 5.41) is 3.33. The highest BCUT2D eigenvalue weighted by Crippen LogP contribution is 2.15. The zero-order valence-corrected chi connectivity index (χ0v) is 13.7. The Kier molecular flexibility index (Phi) is 5.50. The van der Waals surface area contributed by atoms with Crippen molar-refractivity contribution in [1.82, 2.24) is 20.1 Å². The molecule has 0 radical (unpaired) electrons. The van der Waals surface area contributed by atoms with Gasteiger partial charge in [0, 0.05) is 19.3 Å². The third-order valence-corrected chi connectivity index (χ3v) is 4.47. The Balaban J connectivity index is 1.95. The van der Waals surface area contributed by atoms with Gasteiger partial charge in [-0.3, -0.25) is 10.1 Å². The van der Waals surface area contributed by atoms with Gasteiger partial charge < -0.3 is 9.80 Å². The van der Waals surface area contributed by atoms with E-state index in [1.807, 2.05) is 11.9 Å². The van der Waals surface area contributed by atoms with Crippen LogP contribution in [0.5, 0.6) is 0 Å². The summed E-state index contributed by atoms with van der Waals surface area (Å²) in [6, 6.07) is 3.66. The zero-order valence-electron chi connectivity index (χ0n) is 12.2. The number of likely N-dealkylation sites (tertiary alicyclic amines) is 1. The molecule has 0 aromatic carbocycles. The van der Waals surface area contributed by atoms with Crippen LogP contribution in [-0.2, 0) is 0 Å². The lowest BCUT2D eigenvalue weighted by molar-refractivity contribution is 0.0970. The van der Waals surface area contributed by atoms with Gasteiger partial charge in [-0.1, -0.05) is 11.6 Å². The first-order valence-corrected chi connectivity index (χ1v) is 7.65. The second-order valence-electron chi connectivity index (χ2n) is 5.25. The Labute approximate surface area is 135 Å². The number of carbonyl (C=O) groups excluding carboxylic acids is 1. The van der Waals surface area contributed by atoms with Gasteiger partial charge in [-0.25, -0.2) is 4.98 Å². The molecule has 2 rings (SSSR count). The predicted molar refractivity (Wildman–Crippen MR) is 87.6 cm³/mol. The van der Waals surface area contributed by atoms with E-state index in [0.29, 0.717) is 16.7 Å². The number of aromatic nitrogens is 1. The lowest BCUT2D eigenvalue weighted by Crippen LogP contribution is -2.49. The standard InChI is InChI=1S/C14H19ClN4OS/c1-18-8-5-10(6-9-18)19(2)14(21)17-13(20)11-4-3-7-16-12(11)15/h3-4,7,10H,5-6,8-9H2,1-2H3,(H,17,20,21). The highest BCUT2D eigenvalue weighted by atomic mass is 35.5. The van der Waals surface area contributed by atoms with Gasteiger partial charge in [0.05, 0.1) is 5.56 Å². The third kappa shape index (κ3) is 4.12. The van der Waals surface area contributed by atoms with E-state index >= 15 is 0 Å². The fraction of sp³-hybridized carbons (Fsp3) is 0.500. The smallest absolute Gasteiger partial charge is 0.260 e. The summed E-state index contributed by atoms with van der Waals surface area (Å²) in [5.74, 6) is -0.321. The average molecular weight is 327 g/mol. The largest absolute Gasteiger partial charge is 0.349 e. The lowest BCUT2D eigenvalue weighted by atomic mass is 10.0. The Hall–Kier alpha value is -1.24. The fourth-order valence-electron chi connectivity index (χ4n) is 2.36. The van der Waals surface area contributed by atoms with Crippen LogP contribution in [0.3, 0.4) is 0 Å².